The molecule has 1 aromatic heterocycles. The van der Waals surface area contributed by atoms with Crippen molar-refractivity contribution in [1.29, 1.82) is 0 Å². The summed E-state index contributed by atoms with van der Waals surface area (Å²) in [6, 6.07) is 7.07. The van der Waals surface area contributed by atoms with Crippen LogP contribution in [-0.2, 0) is 16.6 Å². The van der Waals surface area contributed by atoms with Crippen molar-refractivity contribution < 1.29 is 8.42 Å². The Balaban J connectivity index is 2.44. The number of para-hydroxylation sites is 1. The van der Waals surface area contributed by atoms with Gasteiger partial charge in [0.2, 0.25) is 0 Å². The van der Waals surface area contributed by atoms with Gasteiger partial charge in [-0.1, -0.05) is 12.1 Å². The normalized spacial score (nSPS) is 11.5. The van der Waals surface area contributed by atoms with Gasteiger partial charge in [-0.3, -0.25) is 4.72 Å². The Hall–Kier alpha value is -0.890. The molecule has 7 heteroatoms. The molecule has 0 amide bonds. The minimum atomic E-state index is -3.62. The summed E-state index contributed by atoms with van der Waals surface area (Å²) in [7, 11) is -3.62. The number of hydrogen-bond acceptors (Lipinski definition) is 4. The summed E-state index contributed by atoms with van der Waals surface area (Å²) in [5.41, 5.74) is 6.82. The number of rotatable bonds is 4. The predicted octanol–water partition coefficient (Wildman–Crippen LogP) is 3.08. The Bertz CT molecular complexity index is 696. The van der Waals surface area contributed by atoms with Crippen LogP contribution >= 0.6 is 27.3 Å². The number of benzene rings is 1. The monoisotopic (exact) mass is 360 g/mol. The zero-order chi connectivity index (χ0) is 14.0. The lowest BCUT2D eigenvalue weighted by Crippen LogP contribution is -2.16. The first-order valence-electron chi connectivity index (χ1n) is 5.50. The Labute approximate surface area is 124 Å². The number of nitrogens with two attached hydrogens (primary N) is 1. The van der Waals surface area contributed by atoms with Crippen LogP contribution in [0.5, 0.6) is 0 Å². The Morgan fingerprint density at radius 1 is 1.37 bits per heavy atom. The second kappa shape index (κ2) is 5.62. The van der Waals surface area contributed by atoms with E-state index in [9.17, 15) is 8.42 Å². The van der Waals surface area contributed by atoms with E-state index in [4.69, 9.17) is 5.73 Å². The molecule has 0 atom stereocenters. The van der Waals surface area contributed by atoms with Gasteiger partial charge in [0, 0.05) is 15.9 Å². The Kier molecular flexibility index (Phi) is 4.29. The van der Waals surface area contributed by atoms with Crippen molar-refractivity contribution >= 4 is 43.0 Å². The first-order valence-corrected chi connectivity index (χ1v) is 8.65. The minimum absolute atomic E-state index is 0.213. The van der Waals surface area contributed by atoms with E-state index in [1.165, 1.54) is 11.3 Å². The van der Waals surface area contributed by atoms with E-state index < -0.39 is 10.0 Å². The number of anilines is 1. The average molecular weight is 361 g/mol. The second-order valence-corrected chi connectivity index (χ2v) is 7.40. The molecule has 0 saturated carbocycles. The summed E-state index contributed by atoms with van der Waals surface area (Å²) >= 11 is 4.68. The average Bonchev–Trinajstić information content (AvgIpc) is 2.74. The van der Waals surface area contributed by atoms with Gasteiger partial charge in [-0.05, 0) is 45.9 Å². The van der Waals surface area contributed by atoms with Gasteiger partial charge in [0.15, 0.2) is 0 Å². The van der Waals surface area contributed by atoms with Gasteiger partial charge in [-0.15, -0.1) is 11.3 Å². The van der Waals surface area contributed by atoms with E-state index in [-0.39, 0.29) is 11.4 Å². The lowest BCUT2D eigenvalue weighted by atomic mass is 10.3. The van der Waals surface area contributed by atoms with Gasteiger partial charge < -0.3 is 5.73 Å². The van der Waals surface area contributed by atoms with Gasteiger partial charge in [-0.25, -0.2) is 8.42 Å². The van der Waals surface area contributed by atoms with E-state index in [1.807, 2.05) is 6.07 Å². The molecule has 2 rings (SSSR count). The summed E-state index contributed by atoms with van der Waals surface area (Å²) < 4.78 is 28.1. The number of nitrogens with one attached hydrogen (secondary N) is 1. The summed E-state index contributed by atoms with van der Waals surface area (Å²) in [4.78, 5) is 0.952. The fourth-order valence-corrected chi connectivity index (χ4v) is 5.03. The molecule has 0 bridgehead atoms. The highest BCUT2D eigenvalue weighted by atomic mass is 79.9. The summed E-state index contributed by atoms with van der Waals surface area (Å²) in [5.74, 6) is 0. The molecule has 4 nitrogen and oxygen atoms in total. The standard InChI is InChI=1S/C12H13BrN2O2S2/c1-8-7-18-11(6-14)12(8)19(16,17)15-10-5-3-2-4-9(10)13/h2-5,7,15H,6,14H2,1H3. The fourth-order valence-electron chi connectivity index (χ4n) is 1.73. The Morgan fingerprint density at radius 2 is 2.05 bits per heavy atom. The van der Waals surface area contributed by atoms with Crippen molar-refractivity contribution in [1.82, 2.24) is 0 Å². The molecule has 1 aromatic carbocycles. The zero-order valence-electron chi connectivity index (χ0n) is 10.2. The number of aryl methyl sites for hydroxylation is 1. The molecule has 0 aliphatic heterocycles. The van der Waals surface area contributed by atoms with E-state index in [0.717, 1.165) is 0 Å². The van der Waals surface area contributed by atoms with Gasteiger partial charge in [0.25, 0.3) is 10.0 Å². The van der Waals surface area contributed by atoms with E-state index >= 15 is 0 Å². The number of hydrogen-bond donors (Lipinski definition) is 2. The van der Waals surface area contributed by atoms with Crippen LogP contribution in [0.2, 0.25) is 0 Å². The molecule has 0 radical (unpaired) electrons. The molecular formula is C12H13BrN2O2S2. The molecule has 0 fully saturated rings. The van der Waals surface area contributed by atoms with Crippen LogP contribution in [0.25, 0.3) is 0 Å². The quantitative estimate of drug-likeness (QED) is 0.879. The number of thiophene rings is 1. The molecule has 0 aliphatic carbocycles. The minimum Gasteiger partial charge on any atom is -0.326 e. The van der Waals surface area contributed by atoms with Crippen molar-refractivity contribution in [2.45, 2.75) is 18.4 Å². The molecule has 3 N–H and O–H groups in total. The molecule has 19 heavy (non-hydrogen) atoms. The highest BCUT2D eigenvalue weighted by Gasteiger charge is 2.23. The Morgan fingerprint density at radius 3 is 2.68 bits per heavy atom. The molecule has 0 saturated heterocycles. The van der Waals surface area contributed by atoms with Crippen LogP contribution < -0.4 is 10.5 Å². The molecule has 0 spiro atoms. The number of sulfonamides is 1. The topological polar surface area (TPSA) is 72.2 Å². The van der Waals surface area contributed by atoms with Crippen molar-refractivity contribution in [2.75, 3.05) is 4.72 Å². The van der Waals surface area contributed by atoms with Crippen LogP contribution in [0.1, 0.15) is 10.4 Å². The molecule has 2 aromatic rings. The van der Waals surface area contributed by atoms with Crippen molar-refractivity contribution in [3.63, 3.8) is 0 Å². The van der Waals surface area contributed by atoms with Crippen LogP contribution in [0.3, 0.4) is 0 Å². The highest BCUT2D eigenvalue weighted by Crippen LogP contribution is 2.30. The van der Waals surface area contributed by atoms with E-state index in [0.29, 0.717) is 20.6 Å². The van der Waals surface area contributed by atoms with Crippen molar-refractivity contribution in [3.05, 3.63) is 44.6 Å². The van der Waals surface area contributed by atoms with Crippen LogP contribution in [0.15, 0.2) is 39.0 Å². The third-order valence-corrected chi connectivity index (χ3v) is 6.10. The second-order valence-electron chi connectivity index (χ2n) is 3.96. The maximum absolute atomic E-state index is 12.4. The third-order valence-electron chi connectivity index (χ3n) is 2.56. The van der Waals surface area contributed by atoms with Gasteiger partial charge in [0.05, 0.1) is 5.69 Å². The van der Waals surface area contributed by atoms with Gasteiger partial charge in [0.1, 0.15) is 4.90 Å². The molecular weight excluding hydrogens is 348 g/mol. The molecule has 0 aliphatic rings. The van der Waals surface area contributed by atoms with E-state index in [1.54, 1.807) is 30.5 Å². The smallest absolute Gasteiger partial charge is 0.263 e. The van der Waals surface area contributed by atoms with Crippen LogP contribution in [0.4, 0.5) is 5.69 Å². The maximum atomic E-state index is 12.4. The van der Waals surface area contributed by atoms with Gasteiger partial charge >= 0.3 is 0 Å². The number of halogens is 1. The summed E-state index contributed by atoms with van der Waals surface area (Å²) in [5, 5.41) is 1.80. The summed E-state index contributed by atoms with van der Waals surface area (Å²) in [6.45, 7) is 1.98. The highest BCUT2D eigenvalue weighted by molar-refractivity contribution is 9.10. The largest absolute Gasteiger partial charge is 0.326 e. The van der Waals surface area contributed by atoms with Gasteiger partial charge in [-0.2, -0.15) is 0 Å². The van der Waals surface area contributed by atoms with E-state index in [2.05, 4.69) is 20.7 Å². The van der Waals surface area contributed by atoms with Crippen molar-refractivity contribution in [3.8, 4) is 0 Å². The summed E-state index contributed by atoms with van der Waals surface area (Å²) in [6.07, 6.45) is 0. The first kappa shape index (κ1) is 14.5. The maximum Gasteiger partial charge on any atom is 0.263 e. The first-order chi connectivity index (χ1) is 8.95. The lowest BCUT2D eigenvalue weighted by molar-refractivity contribution is 0.600. The SMILES string of the molecule is Cc1csc(CN)c1S(=O)(=O)Nc1ccccc1Br. The van der Waals surface area contributed by atoms with Crippen LogP contribution in [0, 0.1) is 6.92 Å². The van der Waals surface area contributed by atoms with Crippen molar-refractivity contribution in [2.24, 2.45) is 5.73 Å². The third kappa shape index (κ3) is 3.00. The molecule has 102 valence electrons. The van der Waals surface area contributed by atoms with Crippen LogP contribution in [-0.4, -0.2) is 8.42 Å². The fraction of sp³-hybridized carbons (Fsp3) is 0.167. The molecule has 0 unspecified atom stereocenters. The molecule has 1 heterocycles. The predicted molar refractivity (Wildman–Crippen MR) is 81.9 cm³/mol. The lowest BCUT2D eigenvalue weighted by Gasteiger charge is -2.10. The zero-order valence-corrected chi connectivity index (χ0v) is 13.4.